The molecule has 4 atom stereocenters. The van der Waals surface area contributed by atoms with E-state index < -0.39 is 41.2 Å². The van der Waals surface area contributed by atoms with Gasteiger partial charge in [-0.2, -0.15) is 9.97 Å². The van der Waals surface area contributed by atoms with E-state index in [1.807, 2.05) is 6.92 Å². The van der Waals surface area contributed by atoms with Crippen LogP contribution in [0, 0.1) is 13.8 Å². The Morgan fingerprint density at radius 1 is 1.07 bits per heavy atom. The van der Waals surface area contributed by atoms with Gasteiger partial charge in [-0.3, -0.25) is 4.57 Å². The second kappa shape index (κ2) is 11.3. The van der Waals surface area contributed by atoms with Crippen molar-refractivity contribution in [2.45, 2.75) is 49.7 Å². The Bertz CT molecular complexity index is 1960. The number of hydrogen-bond donors (Lipinski definition) is 4. The predicted molar refractivity (Wildman–Crippen MR) is 159 cm³/mol. The number of aliphatic hydroxyl groups is 3. The molecule has 5 N–H and O–H groups in total. The van der Waals surface area contributed by atoms with Crippen LogP contribution in [0.3, 0.4) is 0 Å². The molecule has 0 amide bonds. The number of nitrogen functional groups attached to an aromatic ring is 1. The molecule has 0 saturated carbocycles. The predicted octanol–water partition coefficient (Wildman–Crippen LogP) is 1.46. The third-order valence-corrected chi connectivity index (χ3v) is 9.67. The van der Waals surface area contributed by atoms with Crippen molar-refractivity contribution in [3.8, 4) is 11.8 Å². The molecule has 44 heavy (non-hydrogen) atoms. The number of nitrogens with zero attached hydrogens (tertiary/aromatic N) is 5. The van der Waals surface area contributed by atoms with Crippen LogP contribution in [0.1, 0.15) is 23.0 Å². The van der Waals surface area contributed by atoms with Crippen molar-refractivity contribution in [2.75, 3.05) is 26.1 Å². The summed E-state index contributed by atoms with van der Waals surface area (Å²) < 4.78 is 47.3. The van der Waals surface area contributed by atoms with Gasteiger partial charge in [0.05, 0.1) is 37.1 Å². The number of hydrogen-bond acceptors (Lipinski definition) is 12. The fourth-order valence-electron chi connectivity index (χ4n) is 5.52. The monoisotopic (exact) mass is 624 g/mol. The van der Waals surface area contributed by atoms with Crippen LogP contribution in [0.25, 0.3) is 22.1 Å². The Hall–Kier alpha value is -4.28. The average Bonchev–Trinajstić information content (AvgIpc) is 3.64. The fourth-order valence-corrected chi connectivity index (χ4v) is 7.10. The zero-order valence-corrected chi connectivity index (χ0v) is 25.0. The summed E-state index contributed by atoms with van der Waals surface area (Å²) in [7, 11) is -2.38. The molecule has 0 unspecified atom stereocenters. The molecule has 1 fully saturated rings. The van der Waals surface area contributed by atoms with Crippen molar-refractivity contribution in [1.82, 2.24) is 23.5 Å². The Morgan fingerprint density at radius 3 is 2.50 bits per heavy atom. The molecule has 0 radical (unpaired) electrons. The number of fused-ring (bicyclic) bond motifs is 2. The third kappa shape index (κ3) is 4.92. The maximum absolute atomic E-state index is 13.8. The van der Waals surface area contributed by atoms with Crippen LogP contribution in [-0.4, -0.2) is 85.9 Å². The van der Waals surface area contributed by atoms with Crippen molar-refractivity contribution in [2.24, 2.45) is 0 Å². The molecule has 0 spiro atoms. The highest BCUT2D eigenvalue weighted by molar-refractivity contribution is 7.90. The molecule has 1 aliphatic rings. The maximum Gasteiger partial charge on any atom is 0.320 e. The second-order valence-electron chi connectivity index (χ2n) is 10.6. The summed E-state index contributed by atoms with van der Waals surface area (Å²) in [4.78, 5) is 13.0. The summed E-state index contributed by atoms with van der Waals surface area (Å²) in [5.41, 5.74) is 9.28. The van der Waals surface area contributed by atoms with E-state index in [4.69, 9.17) is 19.9 Å². The molecule has 5 aromatic rings. The number of imidazole rings is 1. The quantitative estimate of drug-likeness (QED) is 0.185. The molecular weight excluding hydrogens is 592 g/mol. The topological polar surface area (TPSA) is 197 Å². The molecule has 4 heterocycles. The Balaban J connectivity index is 1.31. The zero-order valence-electron chi connectivity index (χ0n) is 24.2. The van der Waals surface area contributed by atoms with E-state index in [1.165, 1.54) is 14.9 Å². The van der Waals surface area contributed by atoms with E-state index in [0.29, 0.717) is 28.8 Å². The van der Waals surface area contributed by atoms with Crippen LogP contribution in [0.5, 0.6) is 11.8 Å². The minimum atomic E-state index is -3.92. The molecular formula is C29H32N6O8S. The minimum absolute atomic E-state index is 0.0252. The number of benzene rings is 2. The number of rotatable bonds is 9. The number of aliphatic hydroxyl groups excluding tert-OH is 3. The van der Waals surface area contributed by atoms with Crippen LogP contribution >= 0.6 is 0 Å². The van der Waals surface area contributed by atoms with E-state index in [9.17, 15) is 23.7 Å². The molecule has 6 rings (SSSR count). The third-order valence-electron chi connectivity index (χ3n) is 7.85. The molecule has 2 aromatic carbocycles. The smallest absolute Gasteiger partial charge is 0.320 e. The van der Waals surface area contributed by atoms with Crippen LogP contribution in [0.4, 0.5) is 5.82 Å². The van der Waals surface area contributed by atoms with E-state index in [2.05, 4.69) is 15.0 Å². The van der Waals surface area contributed by atoms with E-state index in [-0.39, 0.29) is 34.5 Å². The molecule has 14 nitrogen and oxygen atoms in total. The number of aryl methyl sites for hydroxylation is 1. The fraction of sp³-hybridized carbons (Fsp3) is 0.345. The van der Waals surface area contributed by atoms with Gasteiger partial charge in [-0.15, -0.1) is 0 Å². The minimum Gasteiger partial charge on any atom is -0.497 e. The van der Waals surface area contributed by atoms with Crippen LogP contribution < -0.4 is 15.2 Å². The van der Waals surface area contributed by atoms with Gasteiger partial charge in [0.25, 0.3) is 10.0 Å². The first-order valence-corrected chi connectivity index (χ1v) is 15.2. The average molecular weight is 625 g/mol. The largest absolute Gasteiger partial charge is 0.497 e. The molecule has 0 bridgehead atoms. The van der Waals surface area contributed by atoms with E-state index in [1.54, 1.807) is 56.5 Å². The lowest BCUT2D eigenvalue weighted by atomic mass is 10.1. The summed E-state index contributed by atoms with van der Waals surface area (Å²) in [5.74, 6) is 0.599. The lowest BCUT2D eigenvalue weighted by molar-refractivity contribution is -0.0511. The molecule has 3 aromatic heterocycles. The van der Waals surface area contributed by atoms with Crippen molar-refractivity contribution < 1.29 is 37.9 Å². The van der Waals surface area contributed by atoms with Crippen molar-refractivity contribution in [3.05, 3.63) is 65.6 Å². The van der Waals surface area contributed by atoms with Crippen molar-refractivity contribution in [3.63, 3.8) is 0 Å². The SMILES string of the molecule is COc1ccc2c(c1)c(CCOc1nc(N)c3ncn([C@@H]4O[C@H](CO)[C@@H](O)[C@H]4O)c3n1)c(C)n2S(=O)(=O)c1ccc(C)cc1. The highest BCUT2D eigenvalue weighted by Gasteiger charge is 2.44. The summed E-state index contributed by atoms with van der Waals surface area (Å²) in [6.45, 7) is 3.21. The number of anilines is 1. The van der Waals surface area contributed by atoms with E-state index >= 15 is 0 Å². The van der Waals surface area contributed by atoms with Gasteiger partial charge in [0.15, 0.2) is 23.2 Å². The van der Waals surface area contributed by atoms with Gasteiger partial charge in [-0.05, 0) is 49.7 Å². The number of methoxy groups -OCH3 is 1. The Labute approximate surface area is 252 Å². The molecule has 0 aliphatic carbocycles. The second-order valence-corrected chi connectivity index (χ2v) is 12.4. The molecule has 232 valence electrons. The molecule has 1 aliphatic heterocycles. The van der Waals surface area contributed by atoms with Crippen LogP contribution in [0.2, 0.25) is 0 Å². The lowest BCUT2D eigenvalue weighted by Crippen LogP contribution is -2.33. The first-order valence-electron chi connectivity index (χ1n) is 13.8. The van der Waals surface area contributed by atoms with Crippen LogP contribution in [-0.2, 0) is 21.2 Å². The summed E-state index contributed by atoms with van der Waals surface area (Å²) in [6, 6.07) is 11.8. The van der Waals surface area contributed by atoms with Gasteiger partial charge >= 0.3 is 6.01 Å². The van der Waals surface area contributed by atoms with Gasteiger partial charge in [0, 0.05) is 17.5 Å². The normalized spacial score (nSPS) is 20.5. The van der Waals surface area contributed by atoms with Gasteiger partial charge in [-0.1, -0.05) is 17.7 Å². The standard InChI is InChI=1S/C29H32N6O8S/c1-15-4-7-18(8-5-15)44(39,40)35-16(2)19(20-12-17(41-3)6-9-21(20)35)10-11-42-29-32-26(30)23-27(33-29)34(14-31-23)28-25(38)24(37)22(13-36)43-28/h4-9,12,14,22,24-25,28,36-38H,10-11,13H2,1-3H3,(H2,30,32,33)/t22-,24-,25-,28-/m1/s1. The van der Waals surface area contributed by atoms with Gasteiger partial charge in [-0.25, -0.2) is 17.4 Å². The van der Waals surface area contributed by atoms with Crippen molar-refractivity contribution in [1.29, 1.82) is 0 Å². The summed E-state index contributed by atoms with van der Waals surface area (Å²) in [6.07, 6.45) is -3.08. The highest BCUT2D eigenvalue weighted by Crippen LogP contribution is 2.34. The first kappa shape index (κ1) is 29.8. The van der Waals surface area contributed by atoms with E-state index in [0.717, 1.165) is 11.1 Å². The number of aromatic nitrogens is 5. The summed E-state index contributed by atoms with van der Waals surface area (Å²) >= 11 is 0. The number of ether oxygens (including phenoxy) is 3. The van der Waals surface area contributed by atoms with Crippen molar-refractivity contribution >= 4 is 37.9 Å². The highest BCUT2D eigenvalue weighted by atomic mass is 32.2. The van der Waals surface area contributed by atoms with Gasteiger partial charge < -0.3 is 35.3 Å². The van der Waals surface area contributed by atoms with Gasteiger partial charge in [0.1, 0.15) is 24.1 Å². The molecule has 15 heteroatoms. The number of nitrogens with two attached hydrogens (primary N) is 1. The van der Waals surface area contributed by atoms with Crippen LogP contribution in [0.15, 0.2) is 53.7 Å². The molecule has 1 saturated heterocycles. The Morgan fingerprint density at radius 2 is 1.82 bits per heavy atom. The lowest BCUT2D eigenvalue weighted by Gasteiger charge is -2.16. The van der Waals surface area contributed by atoms with Gasteiger partial charge in [0.2, 0.25) is 0 Å². The first-order chi connectivity index (χ1) is 21.0. The summed E-state index contributed by atoms with van der Waals surface area (Å²) in [5, 5.41) is 30.8. The zero-order chi connectivity index (χ0) is 31.3. The maximum atomic E-state index is 13.8. The Kier molecular flexibility index (Phi) is 7.67.